The van der Waals surface area contributed by atoms with Gasteiger partial charge in [-0.15, -0.1) is 11.3 Å². The lowest BCUT2D eigenvalue weighted by Crippen LogP contribution is -2.26. The van der Waals surface area contributed by atoms with Gasteiger partial charge in [-0.3, -0.25) is 14.9 Å². The lowest BCUT2D eigenvalue weighted by atomic mass is 10.1. The van der Waals surface area contributed by atoms with Crippen molar-refractivity contribution < 1.29 is 19.2 Å². The summed E-state index contributed by atoms with van der Waals surface area (Å²) in [5, 5.41) is 15.5. The van der Waals surface area contributed by atoms with Crippen molar-refractivity contribution in [3.8, 4) is 0 Å². The van der Waals surface area contributed by atoms with E-state index in [4.69, 9.17) is 4.74 Å². The van der Waals surface area contributed by atoms with Gasteiger partial charge in [0.25, 0.3) is 11.6 Å². The molecule has 0 radical (unpaired) electrons. The average molecular weight is 396 g/mol. The van der Waals surface area contributed by atoms with Crippen molar-refractivity contribution in [3.63, 3.8) is 0 Å². The Morgan fingerprint density at radius 3 is 2.50 bits per heavy atom. The van der Waals surface area contributed by atoms with Gasteiger partial charge in [-0.1, -0.05) is 42.5 Å². The van der Waals surface area contributed by atoms with Gasteiger partial charge >= 0.3 is 5.97 Å². The number of benzene rings is 2. The molecule has 1 amide bonds. The van der Waals surface area contributed by atoms with Crippen molar-refractivity contribution in [1.82, 2.24) is 0 Å². The maximum Gasteiger partial charge on any atom is 0.349 e. The molecule has 0 aliphatic heterocycles. The van der Waals surface area contributed by atoms with Crippen molar-refractivity contribution in [2.45, 2.75) is 13.0 Å². The maximum absolute atomic E-state index is 12.9. The molecular formula is C20H16N2O5S. The summed E-state index contributed by atoms with van der Waals surface area (Å²) in [6, 6.07) is 16.3. The molecule has 1 N–H and O–H groups in total. The summed E-state index contributed by atoms with van der Waals surface area (Å²) >= 11 is 1.20. The second-order valence-corrected chi connectivity index (χ2v) is 6.89. The number of nitrogens with one attached hydrogen (secondary N) is 1. The summed E-state index contributed by atoms with van der Waals surface area (Å²) in [6.07, 6.45) is -1.25. The van der Waals surface area contributed by atoms with E-state index in [0.717, 1.165) is 0 Å². The van der Waals surface area contributed by atoms with Crippen molar-refractivity contribution in [1.29, 1.82) is 0 Å². The molecule has 0 aliphatic carbocycles. The van der Waals surface area contributed by atoms with Crippen LogP contribution in [-0.2, 0) is 9.53 Å². The van der Waals surface area contributed by atoms with E-state index in [2.05, 4.69) is 5.32 Å². The summed E-state index contributed by atoms with van der Waals surface area (Å²) in [7, 11) is 0. The van der Waals surface area contributed by atoms with E-state index in [1.807, 2.05) is 0 Å². The highest BCUT2D eigenvalue weighted by Crippen LogP contribution is 2.28. The summed E-state index contributed by atoms with van der Waals surface area (Å²) < 4.78 is 5.43. The number of carbonyl (C=O) groups is 2. The number of esters is 1. The monoisotopic (exact) mass is 396 g/mol. The van der Waals surface area contributed by atoms with Crippen LogP contribution >= 0.6 is 11.3 Å². The Balaban J connectivity index is 1.89. The molecule has 7 nitrogen and oxygen atoms in total. The lowest BCUT2D eigenvalue weighted by Gasteiger charge is -2.18. The molecule has 0 spiro atoms. The zero-order valence-electron chi connectivity index (χ0n) is 14.8. The first-order chi connectivity index (χ1) is 13.5. The quantitative estimate of drug-likeness (QED) is 0.376. The minimum absolute atomic E-state index is 0.0358. The highest BCUT2D eigenvalue weighted by atomic mass is 32.1. The molecule has 3 rings (SSSR count). The maximum atomic E-state index is 12.9. The number of amides is 1. The average Bonchev–Trinajstić information content (AvgIpc) is 3.22. The summed E-state index contributed by atoms with van der Waals surface area (Å²) in [4.78, 5) is 36.3. The number of nitro groups is 1. The minimum atomic E-state index is -1.25. The number of nitrogens with zero attached hydrogens (tertiary/aromatic N) is 1. The van der Waals surface area contributed by atoms with Crippen LogP contribution in [0.3, 0.4) is 0 Å². The van der Waals surface area contributed by atoms with Crippen molar-refractivity contribution >= 4 is 34.6 Å². The molecule has 1 aromatic heterocycles. The van der Waals surface area contributed by atoms with Gasteiger partial charge in [0.2, 0.25) is 6.10 Å². The highest BCUT2D eigenvalue weighted by Gasteiger charge is 2.28. The van der Waals surface area contributed by atoms with Crippen LogP contribution in [0.2, 0.25) is 0 Å². The van der Waals surface area contributed by atoms with Crippen LogP contribution in [-0.4, -0.2) is 16.8 Å². The molecule has 0 aliphatic rings. The number of ether oxygens (including phenoxy) is 1. The molecule has 2 aromatic carbocycles. The fourth-order valence-corrected chi connectivity index (χ4v) is 3.16. The Bertz CT molecular complexity index is 1000. The number of hydrogen-bond donors (Lipinski definition) is 1. The van der Waals surface area contributed by atoms with Gasteiger partial charge in [0.15, 0.2) is 0 Å². The third kappa shape index (κ3) is 4.41. The first-order valence-corrected chi connectivity index (χ1v) is 9.19. The molecule has 1 heterocycles. The van der Waals surface area contributed by atoms with E-state index in [1.165, 1.54) is 23.5 Å². The molecular weight excluding hydrogens is 380 g/mol. The van der Waals surface area contributed by atoms with Crippen LogP contribution in [0.5, 0.6) is 0 Å². The van der Waals surface area contributed by atoms with E-state index in [1.54, 1.807) is 60.8 Å². The van der Waals surface area contributed by atoms with Gasteiger partial charge in [0.1, 0.15) is 10.6 Å². The molecule has 8 heteroatoms. The third-order valence-corrected chi connectivity index (χ3v) is 4.75. The fraction of sp³-hybridized carbons (Fsp3) is 0.100. The van der Waals surface area contributed by atoms with E-state index >= 15 is 0 Å². The van der Waals surface area contributed by atoms with E-state index < -0.39 is 22.9 Å². The van der Waals surface area contributed by atoms with E-state index in [9.17, 15) is 19.7 Å². The highest BCUT2D eigenvalue weighted by molar-refractivity contribution is 7.11. The van der Waals surface area contributed by atoms with Gasteiger partial charge in [-0.2, -0.15) is 0 Å². The SMILES string of the molecule is Cc1ccc(NC(=O)[C@H](OC(=O)c2cccs2)c2ccccc2)c([N+](=O)[O-])c1. The van der Waals surface area contributed by atoms with Gasteiger partial charge in [0, 0.05) is 11.6 Å². The van der Waals surface area contributed by atoms with Crippen LogP contribution in [0.1, 0.15) is 26.9 Å². The molecule has 0 saturated carbocycles. The Morgan fingerprint density at radius 1 is 1.11 bits per heavy atom. The first kappa shape index (κ1) is 19.2. The number of hydrogen-bond acceptors (Lipinski definition) is 6. The number of anilines is 1. The molecule has 3 aromatic rings. The Morgan fingerprint density at radius 2 is 1.86 bits per heavy atom. The molecule has 28 heavy (non-hydrogen) atoms. The Labute approximate surface area is 164 Å². The number of rotatable bonds is 6. The van der Waals surface area contributed by atoms with Crippen LogP contribution in [0, 0.1) is 17.0 Å². The predicted molar refractivity (Wildman–Crippen MR) is 105 cm³/mol. The number of aryl methyl sites for hydroxylation is 1. The molecule has 0 fully saturated rings. The normalized spacial score (nSPS) is 11.5. The summed E-state index contributed by atoms with van der Waals surface area (Å²) in [5.41, 5.74) is 0.951. The van der Waals surface area contributed by atoms with Crippen LogP contribution in [0.15, 0.2) is 66.0 Å². The second kappa shape index (κ2) is 8.45. The van der Waals surface area contributed by atoms with Crippen LogP contribution in [0.4, 0.5) is 11.4 Å². The molecule has 142 valence electrons. The predicted octanol–water partition coefficient (Wildman–Crippen LogP) is 4.50. The molecule has 1 atom stereocenters. The second-order valence-electron chi connectivity index (χ2n) is 5.94. The van der Waals surface area contributed by atoms with E-state index in [-0.39, 0.29) is 11.4 Å². The van der Waals surface area contributed by atoms with Crippen molar-refractivity contribution in [2.24, 2.45) is 0 Å². The molecule has 0 saturated heterocycles. The third-order valence-electron chi connectivity index (χ3n) is 3.90. The standard InChI is InChI=1S/C20H16N2O5S/c1-13-9-10-15(16(12-13)22(25)26)21-19(23)18(14-6-3-2-4-7-14)27-20(24)17-8-5-11-28-17/h2-12,18H,1H3,(H,21,23)/t18-/m1/s1. The van der Waals surface area contributed by atoms with Crippen molar-refractivity contribution in [2.75, 3.05) is 5.32 Å². The first-order valence-electron chi connectivity index (χ1n) is 8.31. The van der Waals surface area contributed by atoms with E-state index in [0.29, 0.717) is 16.0 Å². The van der Waals surface area contributed by atoms with Crippen LogP contribution < -0.4 is 5.32 Å². The van der Waals surface area contributed by atoms with Gasteiger partial charge in [-0.05, 0) is 30.0 Å². The van der Waals surface area contributed by atoms with Gasteiger partial charge in [-0.25, -0.2) is 4.79 Å². The Hall–Kier alpha value is -3.52. The zero-order valence-corrected chi connectivity index (χ0v) is 15.6. The Kier molecular flexibility index (Phi) is 5.81. The smallest absolute Gasteiger partial charge is 0.349 e. The van der Waals surface area contributed by atoms with Crippen molar-refractivity contribution in [3.05, 3.63) is 92.2 Å². The topological polar surface area (TPSA) is 98.5 Å². The largest absolute Gasteiger partial charge is 0.443 e. The number of thiophene rings is 1. The van der Waals surface area contributed by atoms with Gasteiger partial charge in [0.05, 0.1) is 4.92 Å². The summed E-state index contributed by atoms with van der Waals surface area (Å²) in [6.45, 7) is 1.72. The molecule has 0 bridgehead atoms. The summed E-state index contributed by atoms with van der Waals surface area (Å²) in [5.74, 6) is -1.32. The molecule has 0 unspecified atom stereocenters. The fourth-order valence-electron chi connectivity index (χ4n) is 2.56. The minimum Gasteiger partial charge on any atom is -0.443 e. The number of carbonyl (C=O) groups excluding carboxylic acids is 2. The van der Waals surface area contributed by atoms with Gasteiger partial charge < -0.3 is 10.1 Å². The van der Waals surface area contributed by atoms with Crippen LogP contribution in [0.25, 0.3) is 0 Å². The lowest BCUT2D eigenvalue weighted by molar-refractivity contribution is -0.384. The number of nitro benzene ring substituents is 1. The zero-order chi connectivity index (χ0) is 20.1.